The normalized spacial score (nSPS) is 15.4. The molecular weight excluding hydrogens is 302 g/mol. The molecule has 1 heterocycles. The third-order valence-electron chi connectivity index (χ3n) is 3.17. The smallest absolute Gasteiger partial charge is 0.256 e. The number of halogens is 1. The van der Waals surface area contributed by atoms with Crippen LogP contribution in [0.15, 0.2) is 59.1 Å². The molecule has 0 unspecified atom stereocenters. The van der Waals surface area contributed by atoms with Crippen molar-refractivity contribution in [3.05, 3.63) is 70.2 Å². The number of allylic oxidation sites excluding steroid dienone is 1. The van der Waals surface area contributed by atoms with Crippen LogP contribution in [0.2, 0.25) is 0 Å². The molecule has 0 fully saturated rings. The number of hydrogen-bond acceptors (Lipinski definition) is 1. The minimum absolute atomic E-state index is 0.0155. The molecule has 0 saturated carbocycles. The van der Waals surface area contributed by atoms with E-state index in [1.54, 1.807) is 0 Å². The molecule has 2 aromatic carbocycles. The van der Waals surface area contributed by atoms with Crippen molar-refractivity contribution in [2.45, 2.75) is 6.42 Å². The Hall–Kier alpha value is -1.87. The van der Waals surface area contributed by atoms with E-state index in [2.05, 4.69) is 33.4 Å². The van der Waals surface area contributed by atoms with Gasteiger partial charge in [-0.25, -0.2) is 0 Å². The average Bonchev–Trinajstić information content (AvgIpc) is 2.74. The molecule has 1 aliphatic heterocycles. The second-order valence-corrected chi connectivity index (χ2v) is 5.36. The molecule has 1 aliphatic rings. The van der Waals surface area contributed by atoms with Gasteiger partial charge in [0.1, 0.15) is 0 Å². The first kappa shape index (κ1) is 12.2. The van der Waals surface area contributed by atoms with Crippen LogP contribution in [-0.4, -0.2) is 5.91 Å². The average molecular weight is 314 g/mol. The molecule has 0 aliphatic carbocycles. The Labute approximate surface area is 120 Å². The summed E-state index contributed by atoms with van der Waals surface area (Å²) in [5.41, 5.74) is 3.84. The van der Waals surface area contributed by atoms with Gasteiger partial charge in [-0.15, -0.1) is 0 Å². The summed E-state index contributed by atoms with van der Waals surface area (Å²) >= 11 is 3.41. The van der Waals surface area contributed by atoms with Crippen molar-refractivity contribution in [1.82, 2.24) is 0 Å². The quantitative estimate of drug-likeness (QED) is 0.833. The summed E-state index contributed by atoms with van der Waals surface area (Å²) in [6.07, 6.45) is 2.74. The van der Waals surface area contributed by atoms with Crippen LogP contribution in [0.3, 0.4) is 0 Å². The van der Waals surface area contributed by atoms with Gasteiger partial charge in [-0.1, -0.05) is 52.3 Å². The molecule has 3 heteroatoms. The maximum Gasteiger partial charge on any atom is 0.256 e. The number of carbonyl (C=O) groups is 1. The molecule has 19 heavy (non-hydrogen) atoms. The van der Waals surface area contributed by atoms with Gasteiger partial charge in [0.15, 0.2) is 0 Å². The van der Waals surface area contributed by atoms with E-state index in [0.717, 1.165) is 27.7 Å². The lowest BCUT2D eigenvalue weighted by molar-refractivity contribution is -0.110. The van der Waals surface area contributed by atoms with Gasteiger partial charge in [0.2, 0.25) is 0 Å². The van der Waals surface area contributed by atoms with E-state index in [1.165, 1.54) is 5.56 Å². The van der Waals surface area contributed by atoms with Crippen molar-refractivity contribution in [3.63, 3.8) is 0 Å². The van der Waals surface area contributed by atoms with Crippen LogP contribution in [0.4, 0.5) is 5.69 Å². The van der Waals surface area contributed by atoms with E-state index in [9.17, 15) is 4.79 Å². The highest BCUT2D eigenvalue weighted by atomic mass is 79.9. The Morgan fingerprint density at radius 2 is 1.79 bits per heavy atom. The minimum atomic E-state index is -0.0155. The van der Waals surface area contributed by atoms with Crippen molar-refractivity contribution in [1.29, 1.82) is 0 Å². The summed E-state index contributed by atoms with van der Waals surface area (Å²) in [5.74, 6) is -0.0155. The zero-order valence-electron chi connectivity index (χ0n) is 10.2. The highest BCUT2D eigenvalue weighted by molar-refractivity contribution is 9.10. The molecule has 0 aromatic heterocycles. The zero-order valence-corrected chi connectivity index (χ0v) is 11.8. The summed E-state index contributed by atoms with van der Waals surface area (Å²) in [6, 6.07) is 15.9. The first-order valence-electron chi connectivity index (χ1n) is 6.09. The van der Waals surface area contributed by atoms with Gasteiger partial charge in [0, 0.05) is 21.3 Å². The topological polar surface area (TPSA) is 29.1 Å². The molecular formula is C16H12BrNO. The molecule has 3 rings (SSSR count). The Morgan fingerprint density at radius 3 is 2.58 bits per heavy atom. The van der Waals surface area contributed by atoms with E-state index in [4.69, 9.17) is 0 Å². The fourth-order valence-electron chi connectivity index (χ4n) is 2.18. The van der Waals surface area contributed by atoms with Crippen molar-refractivity contribution in [2.75, 3.05) is 5.32 Å². The number of anilines is 1. The molecule has 2 nitrogen and oxygen atoms in total. The second-order valence-electron chi connectivity index (χ2n) is 4.45. The minimum Gasteiger partial charge on any atom is -0.321 e. The van der Waals surface area contributed by atoms with Gasteiger partial charge >= 0.3 is 0 Å². The monoisotopic (exact) mass is 313 g/mol. The number of para-hydroxylation sites is 1. The van der Waals surface area contributed by atoms with Crippen molar-refractivity contribution < 1.29 is 4.79 Å². The number of nitrogens with one attached hydrogen (secondary N) is 1. The molecule has 0 radical (unpaired) electrons. The number of amides is 1. The Morgan fingerprint density at radius 1 is 1.05 bits per heavy atom. The van der Waals surface area contributed by atoms with Gasteiger partial charge in [0.25, 0.3) is 5.91 Å². The molecule has 0 spiro atoms. The zero-order chi connectivity index (χ0) is 13.2. The summed E-state index contributed by atoms with van der Waals surface area (Å²) < 4.78 is 1.06. The van der Waals surface area contributed by atoms with Gasteiger partial charge in [-0.05, 0) is 30.2 Å². The Balaban J connectivity index is 1.88. The van der Waals surface area contributed by atoms with Gasteiger partial charge < -0.3 is 5.32 Å². The first-order chi connectivity index (χ1) is 9.24. The van der Waals surface area contributed by atoms with Crippen LogP contribution >= 0.6 is 15.9 Å². The predicted molar refractivity (Wildman–Crippen MR) is 80.9 cm³/mol. The number of fused-ring (bicyclic) bond motifs is 1. The highest BCUT2D eigenvalue weighted by Crippen LogP contribution is 2.31. The largest absolute Gasteiger partial charge is 0.321 e. The summed E-state index contributed by atoms with van der Waals surface area (Å²) in [5, 5.41) is 2.88. The number of benzene rings is 2. The molecule has 1 N–H and O–H groups in total. The van der Waals surface area contributed by atoms with E-state index in [1.807, 2.05) is 42.5 Å². The SMILES string of the molecule is O=C1Nc2ccccc2C1=CCc1ccc(Br)cc1. The Kier molecular flexibility index (Phi) is 3.22. The molecule has 0 atom stereocenters. The van der Waals surface area contributed by atoms with Gasteiger partial charge in [-0.3, -0.25) is 4.79 Å². The fraction of sp³-hybridized carbons (Fsp3) is 0.0625. The lowest BCUT2D eigenvalue weighted by atomic mass is 10.0. The van der Waals surface area contributed by atoms with E-state index in [-0.39, 0.29) is 5.91 Å². The van der Waals surface area contributed by atoms with Crippen molar-refractivity contribution >= 4 is 33.1 Å². The predicted octanol–water partition coefficient (Wildman–Crippen LogP) is 4.03. The third kappa shape index (κ3) is 2.47. The summed E-state index contributed by atoms with van der Waals surface area (Å²) in [4.78, 5) is 11.9. The van der Waals surface area contributed by atoms with E-state index >= 15 is 0 Å². The lowest BCUT2D eigenvalue weighted by Crippen LogP contribution is -2.03. The van der Waals surface area contributed by atoms with Crippen LogP contribution in [0.1, 0.15) is 11.1 Å². The Bertz CT molecular complexity index is 659. The maximum absolute atomic E-state index is 11.9. The van der Waals surface area contributed by atoms with Crippen LogP contribution in [0.25, 0.3) is 5.57 Å². The second kappa shape index (κ2) is 5.02. The highest BCUT2D eigenvalue weighted by Gasteiger charge is 2.22. The molecule has 2 aromatic rings. The van der Waals surface area contributed by atoms with Crippen LogP contribution in [0, 0.1) is 0 Å². The van der Waals surface area contributed by atoms with E-state index in [0.29, 0.717) is 0 Å². The number of carbonyl (C=O) groups excluding carboxylic acids is 1. The number of rotatable bonds is 2. The molecule has 94 valence electrons. The van der Waals surface area contributed by atoms with Crippen molar-refractivity contribution in [2.24, 2.45) is 0 Å². The van der Waals surface area contributed by atoms with Gasteiger partial charge in [0.05, 0.1) is 0 Å². The van der Waals surface area contributed by atoms with Crippen LogP contribution in [0.5, 0.6) is 0 Å². The lowest BCUT2D eigenvalue weighted by Gasteiger charge is -1.99. The van der Waals surface area contributed by atoms with Gasteiger partial charge in [-0.2, -0.15) is 0 Å². The van der Waals surface area contributed by atoms with Crippen LogP contribution in [-0.2, 0) is 11.2 Å². The van der Waals surface area contributed by atoms with E-state index < -0.39 is 0 Å². The molecule has 1 amide bonds. The number of hydrogen-bond donors (Lipinski definition) is 1. The molecule has 0 bridgehead atoms. The molecule has 0 saturated heterocycles. The first-order valence-corrected chi connectivity index (χ1v) is 6.89. The van der Waals surface area contributed by atoms with Crippen LogP contribution < -0.4 is 5.32 Å². The standard InChI is InChI=1S/C16H12BrNO/c17-12-8-5-11(6-9-12)7-10-14-13-3-1-2-4-15(13)18-16(14)19/h1-6,8-10H,7H2,(H,18,19). The summed E-state index contributed by atoms with van der Waals surface area (Å²) in [7, 11) is 0. The third-order valence-corrected chi connectivity index (χ3v) is 3.69. The van der Waals surface area contributed by atoms with Crippen molar-refractivity contribution in [3.8, 4) is 0 Å². The summed E-state index contributed by atoms with van der Waals surface area (Å²) in [6.45, 7) is 0. The fourth-order valence-corrected chi connectivity index (χ4v) is 2.45. The maximum atomic E-state index is 11.9.